The van der Waals surface area contributed by atoms with E-state index in [2.05, 4.69) is 42.5 Å². The van der Waals surface area contributed by atoms with Gasteiger partial charge in [-0.3, -0.25) is 4.79 Å². The Labute approximate surface area is 175 Å². The van der Waals surface area contributed by atoms with Gasteiger partial charge in [-0.05, 0) is 80.6 Å². The number of carbonyl (C=O) groups is 2. The number of fused-ring (bicyclic) bond motifs is 1. The minimum Gasteiger partial charge on any atom is -0.465 e. The first-order chi connectivity index (χ1) is 14.5. The molecule has 154 valence electrons. The monoisotopic (exact) mass is 403 g/mol. The van der Waals surface area contributed by atoms with E-state index in [9.17, 15) is 9.59 Å². The molecule has 1 heterocycles. The van der Waals surface area contributed by atoms with E-state index in [4.69, 9.17) is 4.74 Å². The van der Waals surface area contributed by atoms with Crippen LogP contribution in [0.3, 0.4) is 0 Å². The Hall–Kier alpha value is -3.41. The van der Waals surface area contributed by atoms with Gasteiger partial charge in [-0.25, -0.2) is 9.48 Å². The second-order valence-corrected chi connectivity index (χ2v) is 7.71. The number of esters is 1. The zero-order valence-corrected chi connectivity index (χ0v) is 17.4. The number of rotatable bonds is 4. The van der Waals surface area contributed by atoms with Crippen LogP contribution < -0.4 is 5.32 Å². The first-order valence-electron chi connectivity index (χ1n) is 10.1. The molecular weight excluding hydrogens is 378 g/mol. The minimum atomic E-state index is -0.419. The summed E-state index contributed by atoms with van der Waals surface area (Å²) in [4.78, 5) is 24.4. The number of nitrogens with zero attached hydrogens (tertiary/aromatic N) is 2. The van der Waals surface area contributed by atoms with Crippen molar-refractivity contribution < 1.29 is 14.3 Å². The van der Waals surface area contributed by atoms with Crippen LogP contribution in [0.25, 0.3) is 5.69 Å². The maximum Gasteiger partial charge on any atom is 0.337 e. The lowest BCUT2D eigenvalue weighted by atomic mass is 9.92. The molecule has 1 N–H and O–H groups in total. The Morgan fingerprint density at radius 2 is 1.80 bits per heavy atom. The largest absolute Gasteiger partial charge is 0.465 e. The molecule has 2 aromatic carbocycles. The van der Waals surface area contributed by atoms with Crippen LogP contribution >= 0.6 is 0 Å². The third-order valence-corrected chi connectivity index (χ3v) is 5.79. The number of aryl methyl sites for hydroxylation is 2. The predicted molar refractivity (Wildman–Crippen MR) is 114 cm³/mol. The van der Waals surface area contributed by atoms with Gasteiger partial charge >= 0.3 is 5.97 Å². The molecule has 3 aromatic rings. The van der Waals surface area contributed by atoms with E-state index < -0.39 is 5.97 Å². The Morgan fingerprint density at radius 3 is 2.50 bits per heavy atom. The molecule has 0 saturated carbocycles. The van der Waals surface area contributed by atoms with Crippen molar-refractivity contribution in [2.24, 2.45) is 0 Å². The highest BCUT2D eigenvalue weighted by molar-refractivity contribution is 5.96. The molecule has 1 aromatic heterocycles. The van der Waals surface area contributed by atoms with Crippen LogP contribution in [0.15, 0.2) is 48.7 Å². The molecule has 0 unspecified atom stereocenters. The van der Waals surface area contributed by atoms with Crippen LogP contribution in [-0.4, -0.2) is 28.8 Å². The normalized spacial score (nSPS) is 15.4. The standard InChI is InChI=1S/C24H25N3O3/c1-15-7-12-19(13-16(15)2)27-22-6-4-5-21(20(22)14-25-27)26-23(28)17-8-10-18(11-9-17)24(29)30-3/h7-14,21H,4-6H2,1-3H3,(H,26,28)/t21-/m1/s1. The highest BCUT2D eigenvalue weighted by Crippen LogP contribution is 2.31. The fraction of sp³-hybridized carbons (Fsp3) is 0.292. The number of benzene rings is 2. The van der Waals surface area contributed by atoms with Crippen LogP contribution in [0.4, 0.5) is 0 Å². The average Bonchev–Trinajstić information content (AvgIpc) is 3.20. The molecule has 1 aliphatic rings. The van der Waals surface area contributed by atoms with E-state index in [0.717, 1.165) is 36.2 Å². The maximum atomic E-state index is 12.8. The molecule has 1 aliphatic carbocycles. The third-order valence-electron chi connectivity index (χ3n) is 5.79. The summed E-state index contributed by atoms with van der Waals surface area (Å²) in [5.74, 6) is -0.583. The van der Waals surface area contributed by atoms with Crippen molar-refractivity contribution in [3.8, 4) is 5.69 Å². The van der Waals surface area contributed by atoms with Gasteiger partial charge in [-0.15, -0.1) is 0 Å². The number of carbonyl (C=O) groups excluding carboxylic acids is 2. The number of aromatic nitrogens is 2. The smallest absolute Gasteiger partial charge is 0.337 e. The highest BCUT2D eigenvalue weighted by atomic mass is 16.5. The summed E-state index contributed by atoms with van der Waals surface area (Å²) in [6.07, 6.45) is 4.66. The van der Waals surface area contributed by atoms with Gasteiger partial charge in [0, 0.05) is 16.8 Å². The van der Waals surface area contributed by atoms with Gasteiger partial charge in [-0.2, -0.15) is 5.10 Å². The Balaban J connectivity index is 1.55. The van der Waals surface area contributed by atoms with Crippen molar-refractivity contribution in [3.63, 3.8) is 0 Å². The fourth-order valence-corrected chi connectivity index (χ4v) is 3.90. The first kappa shape index (κ1) is 19.9. The van der Waals surface area contributed by atoms with Gasteiger partial charge in [0.25, 0.3) is 5.91 Å². The highest BCUT2D eigenvalue weighted by Gasteiger charge is 2.26. The van der Waals surface area contributed by atoms with Crippen LogP contribution in [0.1, 0.15) is 62.0 Å². The predicted octanol–water partition coefficient (Wildman–Crippen LogP) is 4.08. The van der Waals surface area contributed by atoms with Crippen molar-refractivity contribution in [3.05, 3.63) is 82.2 Å². The van der Waals surface area contributed by atoms with Gasteiger partial charge < -0.3 is 10.1 Å². The topological polar surface area (TPSA) is 73.2 Å². The van der Waals surface area contributed by atoms with Crippen LogP contribution in [-0.2, 0) is 11.2 Å². The summed E-state index contributed by atoms with van der Waals surface area (Å²) < 4.78 is 6.69. The zero-order valence-electron chi connectivity index (χ0n) is 17.4. The minimum absolute atomic E-state index is 0.0816. The molecular formula is C24H25N3O3. The number of nitrogens with one attached hydrogen (secondary N) is 1. The van der Waals surface area contributed by atoms with Gasteiger partial charge in [0.1, 0.15) is 0 Å². The van der Waals surface area contributed by atoms with Crippen LogP contribution in [0.2, 0.25) is 0 Å². The molecule has 30 heavy (non-hydrogen) atoms. The molecule has 1 amide bonds. The molecule has 0 spiro atoms. The van der Waals surface area contributed by atoms with Gasteiger partial charge in [0.05, 0.1) is 30.6 Å². The van der Waals surface area contributed by atoms with E-state index in [1.807, 2.05) is 10.9 Å². The number of hydrogen-bond donors (Lipinski definition) is 1. The van der Waals surface area contributed by atoms with E-state index >= 15 is 0 Å². The Kier molecular flexibility index (Phi) is 5.40. The number of amides is 1. The van der Waals surface area contributed by atoms with Gasteiger partial charge in [-0.1, -0.05) is 6.07 Å². The molecule has 4 rings (SSSR count). The maximum absolute atomic E-state index is 12.8. The van der Waals surface area contributed by atoms with Crippen molar-refractivity contribution in [2.45, 2.75) is 39.2 Å². The second kappa shape index (κ2) is 8.14. The second-order valence-electron chi connectivity index (χ2n) is 7.71. The molecule has 6 nitrogen and oxygen atoms in total. The average molecular weight is 403 g/mol. The third kappa shape index (κ3) is 3.73. The molecule has 0 bridgehead atoms. The molecule has 0 aliphatic heterocycles. The lowest BCUT2D eigenvalue weighted by Gasteiger charge is -2.24. The van der Waals surface area contributed by atoms with E-state index in [1.54, 1.807) is 24.3 Å². The van der Waals surface area contributed by atoms with Gasteiger partial charge in [0.15, 0.2) is 0 Å². The number of ether oxygens (including phenoxy) is 1. The first-order valence-corrected chi connectivity index (χ1v) is 10.1. The van der Waals surface area contributed by atoms with E-state index in [1.165, 1.54) is 18.2 Å². The van der Waals surface area contributed by atoms with Crippen molar-refractivity contribution in [1.82, 2.24) is 15.1 Å². The van der Waals surface area contributed by atoms with Crippen molar-refractivity contribution in [1.29, 1.82) is 0 Å². The van der Waals surface area contributed by atoms with Crippen molar-refractivity contribution in [2.75, 3.05) is 7.11 Å². The fourth-order valence-electron chi connectivity index (χ4n) is 3.90. The summed E-state index contributed by atoms with van der Waals surface area (Å²) in [6.45, 7) is 4.20. The Morgan fingerprint density at radius 1 is 1.07 bits per heavy atom. The molecule has 6 heteroatoms. The van der Waals surface area contributed by atoms with E-state index in [0.29, 0.717) is 11.1 Å². The SMILES string of the molecule is COC(=O)c1ccc(C(=O)N[C@@H]2CCCc3c2cnn3-c2ccc(C)c(C)c2)cc1. The Bertz CT molecular complexity index is 1100. The van der Waals surface area contributed by atoms with E-state index in [-0.39, 0.29) is 11.9 Å². The van der Waals surface area contributed by atoms with Crippen molar-refractivity contribution >= 4 is 11.9 Å². The number of methoxy groups -OCH3 is 1. The van der Waals surface area contributed by atoms with Gasteiger partial charge in [0.2, 0.25) is 0 Å². The molecule has 0 radical (unpaired) electrons. The lowest BCUT2D eigenvalue weighted by molar-refractivity contribution is 0.0600. The lowest BCUT2D eigenvalue weighted by Crippen LogP contribution is -2.31. The summed E-state index contributed by atoms with van der Waals surface area (Å²) in [5.41, 5.74) is 6.68. The number of hydrogen-bond acceptors (Lipinski definition) is 4. The summed E-state index contributed by atoms with van der Waals surface area (Å²) in [5, 5.41) is 7.75. The zero-order chi connectivity index (χ0) is 21.3. The summed E-state index contributed by atoms with van der Waals surface area (Å²) in [7, 11) is 1.34. The molecule has 0 saturated heterocycles. The van der Waals surface area contributed by atoms with Crippen LogP contribution in [0, 0.1) is 13.8 Å². The molecule has 0 fully saturated rings. The quantitative estimate of drug-likeness (QED) is 0.666. The van der Waals surface area contributed by atoms with Crippen LogP contribution in [0.5, 0.6) is 0 Å². The molecule has 1 atom stereocenters. The summed E-state index contributed by atoms with van der Waals surface area (Å²) >= 11 is 0. The summed E-state index contributed by atoms with van der Waals surface area (Å²) in [6, 6.07) is 12.7.